The van der Waals surface area contributed by atoms with Crippen molar-refractivity contribution in [2.24, 2.45) is 0 Å². The standard InChI is InChI=1S/C30H40N4O5/c1-4-31(5-2)29(36)22-39-27-19-33(18-23-8-14-26(38-3)15-9-23)28(35)21-34(20-27)30(37)24-10-12-25(13-11-24)32-16-6-7-17-32/h8-15,27H,4-7,16-22H2,1-3H3. The summed E-state index contributed by atoms with van der Waals surface area (Å²) < 4.78 is 11.3. The van der Waals surface area contributed by atoms with Gasteiger partial charge in [0.05, 0.1) is 13.2 Å². The van der Waals surface area contributed by atoms with Crippen molar-refractivity contribution in [1.29, 1.82) is 0 Å². The molecule has 0 radical (unpaired) electrons. The van der Waals surface area contributed by atoms with Gasteiger partial charge in [-0.15, -0.1) is 0 Å². The summed E-state index contributed by atoms with van der Waals surface area (Å²) in [7, 11) is 1.61. The number of carbonyl (C=O) groups is 3. The summed E-state index contributed by atoms with van der Waals surface area (Å²) >= 11 is 0. The minimum atomic E-state index is -0.498. The molecule has 2 heterocycles. The maximum absolute atomic E-state index is 13.5. The fourth-order valence-electron chi connectivity index (χ4n) is 5.17. The summed E-state index contributed by atoms with van der Waals surface area (Å²) in [6, 6.07) is 15.2. The van der Waals surface area contributed by atoms with Crippen LogP contribution >= 0.6 is 0 Å². The molecule has 9 nitrogen and oxygen atoms in total. The van der Waals surface area contributed by atoms with Crippen LogP contribution in [0.5, 0.6) is 5.75 Å². The van der Waals surface area contributed by atoms with Gasteiger partial charge in [0.25, 0.3) is 5.91 Å². The molecule has 0 spiro atoms. The van der Waals surface area contributed by atoms with E-state index in [-0.39, 0.29) is 44.0 Å². The van der Waals surface area contributed by atoms with E-state index < -0.39 is 6.10 Å². The van der Waals surface area contributed by atoms with Gasteiger partial charge < -0.3 is 29.1 Å². The summed E-state index contributed by atoms with van der Waals surface area (Å²) in [6.07, 6.45) is 1.87. The largest absolute Gasteiger partial charge is 0.497 e. The number of ether oxygens (including phenoxy) is 2. The van der Waals surface area contributed by atoms with Crippen LogP contribution in [0, 0.1) is 0 Å². The molecule has 4 rings (SSSR count). The normalized spacial score (nSPS) is 17.8. The third kappa shape index (κ3) is 7.29. The van der Waals surface area contributed by atoms with Gasteiger partial charge >= 0.3 is 0 Å². The molecule has 0 bridgehead atoms. The van der Waals surface area contributed by atoms with Crippen LogP contribution in [-0.4, -0.2) is 98.1 Å². The Labute approximate surface area is 231 Å². The van der Waals surface area contributed by atoms with Gasteiger partial charge in [0.2, 0.25) is 11.8 Å². The molecule has 39 heavy (non-hydrogen) atoms. The van der Waals surface area contributed by atoms with Gasteiger partial charge in [-0.3, -0.25) is 14.4 Å². The minimum Gasteiger partial charge on any atom is -0.497 e. The lowest BCUT2D eigenvalue weighted by molar-refractivity contribution is -0.138. The van der Waals surface area contributed by atoms with Gasteiger partial charge in [-0.1, -0.05) is 12.1 Å². The first-order valence-corrected chi connectivity index (χ1v) is 13.9. The van der Waals surface area contributed by atoms with Crippen LogP contribution in [0.1, 0.15) is 42.6 Å². The van der Waals surface area contributed by atoms with E-state index in [0.29, 0.717) is 25.2 Å². The molecule has 0 N–H and O–H groups in total. The number of likely N-dealkylation sites (N-methyl/N-ethyl adjacent to an activating group) is 1. The highest BCUT2D eigenvalue weighted by atomic mass is 16.5. The molecule has 3 amide bonds. The lowest BCUT2D eigenvalue weighted by Gasteiger charge is -2.26. The number of hydrogen-bond donors (Lipinski definition) is 0. The van der Waals surface area contributed by atoms with Gasteiger partial charge in [-0.25, -0.2) is 0 Å². The second-order valence-corrected chi connectivity index (χ2v) is 10.0. The van der Waals surface area contributed by atoms with Gasteiger partial charge in [0.15, 0.2) is 0 Å². The smallest absolute Gasteiger partial charge is 0.254 e. The first kappa shape index (κ1) is 28.4. The highest BCUT2D eigenvalue weighted by molar-refractivity contribution is 5.97. The summed E-state index contributed by atoms with van der Waals surface area (Å²) in [5.41, 5.74) is 2.59. The zero-order valence-electron chi connectivity index (χ0n) is 23.3. The van der Waals surface area contributed by atoms with E-state index in [9.17, 15) is 14.4 Å². The lowest BCUT2D eigenvalue weighted by Crippen LogP contribution is -2.41. The second-order valence-electron chi connectivity index (χ2n) is 10.0. The van der Waals surface area contributed by atoms with Crippen LogP contribution in [0.3, 0.4) is 0 Å². The summed E-state index contributed by atoms with van der Waals surface area (Å²) in [5, 5.41) is 0. The molecule has 1 unspecified atom stereocenters. The molecule has 0 aliphatic carbocycles. The Morgan fingerprint density at radius 3 is 2.23 bits per heavy atom. The zero-order chi connectivity index (χ0) is 27.8. The van der Waals surface area contributed by atoms with Crippen LogP contribution in [0.25, 0.3) is 0 Å². The predicted molar refractivity (Wildman–Crippen MR) is 150 cm³/mol. The Balaban J connectivity index is 1.50. The van der Waals surface area contributed by atoms with Gasteiger partial charge in [0.1, 0.15) is 18.9 Å². The first-order chi connectivity index (χ1) is 18.9. The molecule has 2 aliphatic rings. The number of carbonyl (C=O) groups excluding carboxylic acids is 3. The Kier molecular flexibility index (Phi) is 9.81. The molecule has 2 aromatic carbocycles. The molecule has 2 saturated heterocycles. The molecule has 2 fully saturated rings. The molecule has 1 atom stereocenters. The molecule has 2 aromatic rings. The molecule has 9 heteroatoms. The SMILES string of the molecule is CCN(CC)C(=O)COC1CN(Cc2ccc(OC)cc2)C(=O)CN(C(=O)c2ccc(N3CCCC3)cc2)C1. The quantitative estimate of drug-likeness (QED) is 0.464. The van der Waals surface area contributed by atoms with Crippen molar-refractivity contribution in [3.8, 4) is 5.75 Å². The fraction of sp³-hybridized carbons (Fsp3) is 0.500. The minimum absolute atomic E-state index is 0.0489. The van der Waals surface area contributed by atoms with Crippen molar-refractivity contribution in [3.63, 3.8) is 0 Å². The number of anilines is 1. The van der Waals surface area contributed by atoms with Gasteiger partial charge in [0, 0.05) is 57.1 Å². The lowest BCUT2D eigenvalue weighted by atomic mass is 10.1. The van der Waals surface area contributed by atoms with E-state index in [4.69, 9.17) is 9.47 Å². The van der Waals surface area contributed by atoms with Crippen LogP contribution in [0.4, 0.5) is 5.69 Å². The first-order valence-electron chi connectivity index (χ1n) is 13.9. The fourth-order valence-corrected chi connectivity index (χ4v) is 5.17. The van der Waals surface area contributed by atoms with Crippen molar-refractivity contribution in [1.82, 2.24) is 14.7 Å². The average molecular weight is 537 g/mol. The Morgan fingerprint density at radius 1 is 0.949 bits per heavy atom. The van der Waals surface area contributed by atoms with Crippen molar-refractivity contribution >= 4 is 23.4 Å². The van der Waals surface area contributed by atoms with Crippen molar-refractivity contribution in [3.05, 3.63) is 59.7 Å². The molecule has 0 saturated carbocycles. The number of methoxy groups -OCH3 is 1. The number of rotatable bonds is 10. The van der Waals surface area contributed by atoms with Crippen molar-refractivity contribution in [2.75, 3.05) is 64.4 Å². The van der Waals surface area contributed by atoms with Crippen LogP contribution < -0.4 is 9.64 Å². The van der Waals surface area contributed by atoms with E-state index in [1.807, 2.05) is 62.4 Å². The number of nitrogens with zero attached hydrogens (tertiary/aromatic N) is 4. The third-order valence-corrected chi connectivity index (χ3v) is 7.49. The summed E-state index contributed by atoms with van der Waals surface area (Å²) in [6.45, 7) is 7.86. The van der Waals surface area contributed by atoms with Gasteiger partial charge in [-0.05, 0) is 68.7 Å². The zero-order valence-corrected chi connectivity index (χ0v) is 23.3. The van der Waals surface area contributed by atoms with Crippen molar-refractivity contribution < 1.29 is 23.9 Å². The number of hydrogen-bond acceptors (Lipinski definition) is 6. The Bertz CT molecular complexity index is 1110. The number of amides is 3. The monoisotopic (exact) mass is 536 g/mol. The van der Waals surface area contributed by atoms with E-state index in [1.165, 1.54) is 12.8 Å². The Morgan fingerprint density at radius 2 is 1.62 bits per heavy atom. The van der Waals surface area contributed by atoms with Crippen LogP contribution in [-0.2, 0) is 20.9 Å². The molecular formula is C30H40N4O5. The second kappa shape index (κ2) is 13.5. The van der Waals surface area contributed by atoms with E-state index in [2.05, 4.69) is 4.90 Å². The van der Waals surface area contributed by atoms with Crippen LogP contribution in [0.2, 0.25) is 0 Å². The van der Waals surface area contributed by atoms with Crippen molar-refractivity contribution in [2.45, 2.75) is 39.3 Å². The predicted octanol–water partition coefficient (Wildman–Crippen LogP) is 3.03. The maximum Gasteiger partial charge on any atom is 0.254 e. The van der Waals surface area contributed by atoms with E-state index in [1.54, 1.807) is 21.8 Å². The molecular weight excluding hydrogens is 496 g/mol. The molecule has 210 valence electrons. The topological polar surface area (TPSA) is 82.6 Å². The average Bonchev–Trinajstić information content (AvgIpc) is 3.46. The third-order valence-electron chi connectivity index (χ3n) is 7.49. The maximum atomic E-state index is 13.5. The summed E-state index contributed by atoms with van der Waals surface area (Å²) in [5.74, 6) is 0.262. The highest BCUT2D eigenvalue weighted by Gasteiger charge is 2.32. The van der Waals surface area contributed by atoms with Crippen LogP contribution in [0.15, 0.2) is 48.5 Å². The Hall–Kier alpha value is -3.59. The van der Waals surface area contributed by atoms with Gasteiger partial charge in [-0.2, -0.15) is 0 Å². The highest BCUT2D eigenvalue weighted by Crippen LogP contribution is 2.22. The molecule has 0 aromatic heterocycles. The van der Waals surface area contributed by atoms with E-state index in [0.717, 1.165) is 30.1 Å². The number of benzene rings is 2. The summed E-state index contributed by atoms with van der Waals surface area (Å²) in [4.78, 5) is 46.8. The van der Waals surface area contributed by atoms with E-state index >= 15 is 0 Å². The molecule has 2 aliphatic heterocycles.